The Labute approximate surface area is 87.8 Å². The molecule has 4 N–H and O–H groups in total. The number of carboxylic acids is 1. The number of hydrogen-bond donors (Lipinski definition) is 3. The predicted molar refractivity (Wildman–Crippen MR) is 53.1 cm³/mol. The average Bonchev–Trinajstić information content (AvgIpc) is 2.15. The zero-order chi connectivity index (χ0) is 12.0. The first kappa shape index (κ1) is 13.6. The number of nitrogens with one attached hydrogen (secondary N) is 1. The molecule has 0 aliphatic carbocycles. The molecule has 0 aromatic rings. The average molecular weight is 216 g/mol. The number of aliphatic carboxylic acids is 1. The molecule has 0 spiro atoms. The van der Waals surface area contributed by atoms with Gasteiger partial charge in [0.1, 0.15) is 12.3 Å². The number of hydrogen-bond acceptors (Lipinski definition) is 4. The van der Waals surface area contributed by atoms with Crippen LogP contribution in [0.15, 0.2) is 0 Å². The van der Waals surface area contributed by atoms with Crippen molar-refractivity contribution < 1.29 is 19.5 Å². The van der Waals surface area contributed by atoms with Crippen molar-refractivity contribution in [1.82, 2.24) is 5.32 Å². The highest BCUT2D eigenvalue weighted by atomic mass is 16.4. The summed E-state index contributed by atoms with van der Waals surface area (Å²) in [7, 11) is 0. The van der Waals surface area contributed by atoms with Crippen LogP contribution in [0.2, 0.25) is 0 Å². The summed E-state index contributed by atoms with van der Waals surface area (Å²) >= 11 is 0. The molecule has 0 saturated heterocycles. The molecule has 0 heterocycles. The van der Waals surface area contributed by atoms with Gasteiger partial charge in [0.05, 0.1) is 6.04 Å². The van der Waals surface area contributed by atoms with E-state index in [0.29, 0.717) is 6.29 Å². The molecule has 0 aliphatic rings. The minimum absolute atomic E-state index is 0.0873. The van der Waals surface area contributed by atoms with E-state index in [0.717, 1.165) is 0 Å². The second-order valence-corrected chi connectivity index (χ2v) is 3.57. The molecule has 15 heavy (non-hydrogen) atoms. The highest BCUT2D eigenvalue weighted by Gasteiger charge is 2.24. The lowest BCUT2D eigenvalue weighted by molar-refractivity contribution is -0.142. The van der Waals surface area contributed by atoms with Gasteiger partial charge < -0.3 is 21.0 Å². The van der Waals surface area contributed by atoms with E-state index in [1.807, 2.05) is 0 Å². The third-order valence-electron chi connectivity index (χ3n) is 1.97. The van der Waals surface area contributed by atoms with E-state index in [9.17, 15) is 14.4 Å². The van der Waals surface area contributed by atoms with Gasteiger partial charge in [-0.3, -0.25) is 4.79 Å². The molecule has 0 rings (SSSR count). The Balaban J connectivity index is 4.34. The van der Waals surface area contributed by atoms with Crippen LogP contribution in [0.5, 0.6) is 0 Å². The zero-order valence-corrected chi connectivity index (χ0v) is 8.77. The normalized spacial score (nSPS) is 14.4. The maximum Gasteiger partial charge on any atom is 0.326 e. The van der Waals surface area contributed by atoms with Gasteiger partial charge in [-0.25, -0.2) is 4.79 Å². The number of nitrogens with two attached hydrogens (primary N) is 1. The lowest BCUT2D eigenvalue weighted by Gasteiger charge is -2.18. The van der Waals surface area contributed by atoms with Crippen molar-refractivity contribution in [2.75, 3.05) is 0 Å². The zero-order valence-electron chi connectivity index (χ0n) is 8.77. The molecule has 86 valence electrons. The van der Waals surface area contributed by atoms with Crippen LogP contribution in [-0.2, 0) is 14.4 Å². The number of aldehydes is 1. The van der Waals surface area contributed by atoms with Gasteiger partial charge in [0.25, 0.3) is 0 Å². The van der Waals surface area contributed by atoms with E-state index in [4.69, 9.17) is 10.8 Å². The highest BCUT2D eigenvalue weighted by Crippen LogP contribution is 1.99. The lowest BCUT2D eigenvalue weighted by Crippen LogP contribution is -2.50. The van der Waals surface area contributed by atoms with E-state index in [2.05, 4.69) is 5.32 Å². The Kier molecular flexibility index (Phi) is 5.54. The molecular formula is C9H16N2O4. The third kappa shape index (κ3) is 4.55. The van der Waals surface area contributed by atoms with Crippen LogP contribution in [0.25, 0.3) is 0 Å². The molecule has 0 aromatic heterocycles. The van der Waals surface area contributed by atoms with E-state index >= 15 is 0 Å². The summed E-state index contributed by atoms with van der Waals surface area (Å²) in [6, 6.07) is -1.96. The van der Waals surface area contributed by atoms with Gasteiger partial charge in [-0.05, 0) is 5.92 Å². The molecular weight excluding hydrogens is 200 g/mol. The monoisotopic (exact) mass is 216 g/mol. The summed E-state index contributed by atoms with van der Waals surface area (Å²) in [4.78, 5) is 32.1. The van der Waals surface area contributed by atoms with Crippen LogP contribution in [0, 0.1) is 5.92 Å². The Bertz CT molecular complexity index is 252. The first-order valence-corrected chi connectivity index (χ1v) is 4.62. The van der Waals surface area contributed by atoms with Crippen molar-refractivity contribution in [2.24, 2.45) is 11.7 Å². The molecule has 2 atom stereocenters. The topological polar surface area (TPSA) is 109 Å². The van der Waals surface area contributed by atoms with Crippen molar-refractivity contribution in [3.63, 3.8) is 0 Å². The summed E-state index contributed by atoms with van der Waals surface area (Å²) in [6.07, 6.45) is 0.186. The minimum Gasteiger partial charge on any atom is -0.480 e. The number of carboxylic acid groups (broad SMARTS) is 1. The summed E-state index contributed by atoms with van der Waals surface area (Å²) in [5.41, 5.74) is 5.51. The third-order valence-corrected chi connectivity index (χ3v) is 1.97. The van der Waals surface area contributed by atoms with Crippen molar-refractivity contribution >= 4 is 18.2 Å². The first-order valence-electron chi connectivity index (χ1n) is 4.62. The molecule has 6 heteroatoms. The van der Waals surface area contributed by atoms with E-state index in [1.54, 1.807) is 13.8 Å². The molecule has 0 fully saturated rings. The Morgan fingerprint density at radius 1 is 1.47 bits per heavy atom. The fraction of sp³-hybridized carbons (Fsp3) is 0.667. The van der Waals surface area contributed by atoms with Gasteiger partial charge >= 0.3 is 5.97 Å². The van der Waals surface area contributed by atoms with Gasteiger partial charge in [0, 0.05) is 6.42 Å². The van der Waals surface area contributed by atoms with Gasteiger partial charge in [-0.2, -0.15) is 0 Å². The van der Waals surface area contributed by atoms with Crippen LogP contribution in [0.4, 0.5) is 0 Å². The van der Waals surface area contributed by atoms with Crippen LogP contribution >= 0.6 is 0 Å². The van der Waals surface area contributed by atoms with Crippen molar-refractivity contribution in [3.05, 3.63) is 0 Å². The first-order chi connectivity index (χ1) is 6.90. The van der Waals surface area contributed by atoms with Gasteiger partial charge in [-0.1, -0.05) is 13.8 Å². The van der Waals surface area contributed by atoms with Crippen LogP contribution in [-0.4, -0.2) is 35.4 Å². The summed E-state index contributed by atoms with van der Waals surface area (Å²) in [6.45, 7) is 3.50. The van der Waals surface area contributed by atoms with Gasteiger partial charge in [0.15, 0.2) is 0 Å². The van der Waals surface area contributed by atoms with Crippen molar-refractivity contribution in [1.29, 1.82) is 0 Å². The Hall–Kier alpha value is -1.43. The van der Waals surface area contributed by atoms with Gasteiger partial charge in [0.2, 0.25) is 5.91 Å². The largest absolute Gasteiger partial charge is 0.480 e. The fourth-order valence-corrected chi connectivity index (χ4v) is 0.888. The highest BCUT2D eigenvalue weighted by molar-refractivity contribution is 5.88. The Morgan fingerprint density at radius 3 is 2.33 bits per heavy atom. The van der Waals surface area contributed by atoms with Crippen molar-refractivity contribution in [3.8, 4) is 0 Å². The van der Waals surface area contributed by atoms with Crippen molar-refractivity contribution in [2.45, 2.75) is 32.4 Å². The lowest BCUT2D eigenvalue weighted by atomic mass is 10.0. The van der Waals surface area contributed by atoms with Crippen LogP contribution in [0.3, 0.4) is 0 Å². The number of carbonyl (C=O) groups is 3. The summed E-state index contributed by atoms with van der Waals surface area (Å²) in [5.74, 6) is -1.89. The van der Waals surface area contributed by atoms with E-state index in [1.165, 1.54) is 0 Å². The SMILES string of the molecule is CC(C)[C@H](N)C(=O)N[C@@H](CC=O)C(=O)O. The number of amides is 1. The molecule has 0 saturated carbocycles. The van der Waals surface area contributed by atoms with E-state index < -0.39 is 24.0 Å². The second-order valence-electron chi connectivity index (χ2n) is 3.57. The molecule has 0 aromatic carbocycles. The maximum atomic E-state index is 11.4. The Morgan fingerprint density at radius 2 is 2.00 bits per heavy atom. The maximum absolute atomic E-state index is 11.4. The molecule has 0 aliphatic heterocycles. The standard InChI is InChI=1S/C9H16N2O4/c1-5(2)7(10)8(13)11-6(3-4-12)9(14)15/h4-7H,3,10H2,1-2H3,(H,11,13)(H,14,15)/t6-,7-/m0/s1. The molecule has 6 nitrogen and oxygen atoms in total. The van der Waals surface area contributed by atoms with Crippen LogP contribution < -0.4 is 11.1 Å². The quantitative estimate of drug-likeness (QED) is 0.500. The fourth-order valence-electron chi connectivity index (χ4n) is 0.888. The van der Waals surface area contributed by atoms with E-state index in [-0.39, 0.29) is 12.3 Å². The molecule has 0 radical (unpaired) electrons. The van der Waals surface area contributed by atoms with Gasteiger partial charge in [-0.15, -0.1) is 0 Å². The van der Waals surface area contributed by atoms with Crippen LogP contribution in [0.1, 0.15) is 20.3 Å². The number of carbonyl (C=O) groups excluding carboxylic acids is 2. The molecule has 0 bridgehead atoms. The second kappa shape index (κ2) is 6.13. The summed E-state index contributed by atoms with van der Waals surface area (Å²) < 4.78 is 0. The predicted octanol–water partition coefficient (Wildman–Crippen LogP) is -0.872. The minimum atomic E-state index is -1.24. The summed E-state index contributed by atoms with van der Waals surface area (Å²) in [5, 5.41) is 10.9. The number of rotatable bonds is 6. The molecule has 1 amide bonds. The molecule has 0 unspecified atom stereocenters. The smallest absolute Gasteiger partial charge is 0.326 e.